The second-order valence-electron chi connectivity index (χ2n) is 5.41. The molecule has 2 heteroatoms. The highest BCUT2D eigenvalue weighted by Crippen LogP contribution is 2.47. The predicted octanol–water partition coefficient (Wildman–Crippen LogP) is 2.45. The van der Waals surface area contributed by atoms with Crippen LogP contribution in [0.5, 0.6) is 0 Å². The molecule has 0 spiro atoms. The first kappa shape index (κ1) is 10.3. The minimum atomic E-state index is -0.853. The first-order valence-corrected chi connectivity index (χ1v) is 5.29. The van der Waals surface area contributed by atoms with Gasteiger partial charge in [-0.1, -0.05) is 12.2 Å². The molecule has 0 saturated carbocycles. The van der Waals surface area contributed by atoms with Crippen molar-refractivity contribution < 1.29 is 9.59 Å². The van der Waals surface area contributed by atoms with Crippen LogP contribution in [0.15, 0.2) is 23.3 Å². The van der Waals surface area contributed by atoms with Crippen molar-refractivity contribution in [2.24, 2.45) is 10.8 Å². The molecular weight excluding hydrogens is 188 g/mol. The number of carbonyl (C=O) groups is 2. The summed E-state index contributed by atoms with van der Waals surface area (Å²) in [5.74, 6) is 0.0390. The summed E-state index contributed by atoms with van der Waals surface area (Å²) >= 11 is 0. The summed E-state index contributed by atoms with van der Waals surface area (Å²) in [6, 6.07) is 0. The fourth-order valence-electron chi connectivity index (χ4n) is 2.69. The van der Waals surface area contributed by atoms with Crippen LogP contribution in [-0.2, 0) is 9.59 Å². The molecule has 0 amide bonds. The zero-order valence-corrected chi connectivity index (χ0v) is 9.68. The van der Waals surface area contributed by atoms with Crippen molar-refractivity contribution in [1.29, 1.82) is 0 Å². The van der Waals surface area contributed by atoms with Gasteiger partial charge in [0.05, 0.1) is 5.41 Å². The molecule has 2 nitrogen and oxygen atoms in total. The van der Waals surface area contributed by atoms with Crippen LogP contribution in [0.25, 0.3) is 0 Å². The zero-order chi connectivity index (χ0) is 11.4. The lowest BCUT2D eigenvalue weighted by molar-refractivity contribution is -0.142. The standard InChI is InChI=1S/C13H16O2/c1-12(2)9-7-5-6-8(9)10(14)13(3,4)11(12)15/h5,7H,6H2,1-4H3. The minimum absolute atomic E-state index is 0.00632. The SMILES string of the molecule is CC1(C)C(=O)C2=C(C=CC2)C(C)(C)C1=O. The van der Waals surface area contributed by atoms with E-state index in [0.717, 1.165) is 11.1 Å². The molecule has 0 aromatic carbocycles. The van der Waals surface area contributed by atoms with Crippen LogP contribution in [0, 0.1) is 10.8 Å². The molecule has 0 heterocycles. The molecule has 2 aliphatic carbocycles. The van der Waals surface area contributed by atoms with E-state index in [4.69, 9.17) is 0 Å². The molecule has 0 aromatic rings. The highest BCUT2D eigenvalue weighted by molar-refractivity contribution is 6.20. The first-order chi connectivity index (χ1) is 6.79. The molecule has 0 radical (unpaired) electrons. The predicted molar refractivity (Wildman–Crippen MR) is 58.4 cm³/mol. The summed E-state index contributed by atoms with van der Waals surface area (Å²) in [4.78, 5) is 24.3. The third-order valence-corrected chi connectivity index (χ3v) is 3.58. The second kappa shape index (κ2) is 2.69. The van der Waals surface area contributed by atoms with Gasteiger partial charge in [-0.15, -0.1) is 0 Å². The highest BCUT2D eigenvalue weighted by Gasteiger charge is 2.52. The summed E-state index contributed by atoms with van der Waals surface area (Å²) in [6.07, 6.45) is 4.59. The van der Waals surface area contributed by atoms with Crippen LogP contribution in [0.1, 0.15) is 34.1 Å². The van der Waals surface area contributed by atoms with Crippen LogP contribution in [0.3, 0.4) is 0 Å². The molecule has 0 N–H and O–H groups in total. The van der Waals surface area contributed by atoms with Crippen LogP contribution in [0.2, 0.25) is 0 Å². The lowest BCUT2D eigenvalue weighted by Gasteiger charge is -2.38. The molecule has 0 aromatic heterocycles. The van der Waals surface area contributed by atoms with E-state index in [1.165, 1.54) is 0 Å². The molecule has 15 heavy (non-hydrogen) atoms. The normalized spacial score (nSPS) is 27.2. The van der Waals surface area contributed by atoms with Gasteiger partial charge in [0.15, 0.2) is 11.6 Å². The van der Waals surface area contributed by atoms with E-state index in [1.807, 2.05) is 26.0 Å². The van der Waals surface area contributed by atoms with Crippen LogP contribution in [-0.4, -0.2) is 11.6 Å². The minimum Gasteiger partial charge on any atom is -0.298 e. The highest BCUT2D eigenvalue weighted by atomic mass is 16.2. The van der Waals surface area contributed by atoms with Gasteiger partial charge >= 0.3 is 0 Å². The number of hydrogen-bond acceptors (Lipinski definition) is 2. The van der Waals surface area contributed by atoms with Gasteiger partial charge in [0.1, 0.15) is 0 Å². The van der Waals surface area contributed by atoms with Crippen molar-refractivity contribution >= 4 is 11.6 Å². The van der Waals surface area contributed by atoms with Crippen molar-refractivity contribution in [2.45, 2.75) is 34.1 Å². The van der Waals surface area contributed by atoms with E-state index in [2.05, 4.69) is 0 Å². The number of carbonyl (C=O) groups excluding carboxylic acids is 2. The fraction of sp³-hybridized carbons (Fsp3) is 0.538. The molecule has 0 aliphatic heterocycles. The Kier molecular flexibility index (Phi) is 1.85. The van der Waals surface area contributed by atoms with Gasteiger partial charge < -0.3 is 0 Å². The van der Waals surface area contributed by atoms with Crippen molar-refractivity contribution in [3.8, 4) is 0 Å². The van der Waals surface area contributed by atoms with Gasteiger partial charge in [-0.05, 0) is 39.7 Å². The van der Waals surface area contributed by atoms with Gasteiger partial charge in [0.25, 0.3) is 0 Å². The molecule has 80 valence electrons. The third kappa shape index (κ3) is 1.11. The van der Waals surface area contributed by atoms with Crippen LogP contribution >= 0.6 is 0 Å². The van der Waals surface area contributed by atoms with Gasteiger partial charge in [0.2, 0.25) is 0 Å². The first-order valence-electron chi connectivity index (χ1n) is 5.29. The van der Waals surface area contributed by atoms with E-state index < -0.39 is 10.8 Å². The summed E-state index contributed by atoms with van der Waals surface area (Å²) in [6.45, 7) is 7.30. The molecule has 0 saturated heterocycles. The van der Waals surface area contributed by atoms with Crippen molar-refractivity contribution in [3.63, 3.8) is 0 Å². The molecule has 0 atom stereocenters. The Hall–Kier alpha value is -1.18. The lowest BCUT2D eigenvalue weighted by Crippen LogP contribution is -2.47. The summed E-state index contributed by atoms with van der Waals surface area (Å²) < 4.78 is 0. The van der Waals surface area contributed by atoms with E-state index in [-0.39, 0.29) is 11.6 Å². The Morgan fingerprint density at radius 2 is 1.67 bits per heavy atom. The molecule has 0 fully saturated rings. The molecular formula is C13H16O2. The summed E-state index contributed by atoms with van der Waals surface area (Å²) in [5, 5.41) is 0. The quantitative estimate of drug-likeness (QED) is 0.568. The smallest absolute Gasteiger partial charge is 0.172 e. The molecule has 2 aliphatic rings. The third-order valence-electron chi connectivity index (χ3n) is 3.58. The van der Waals surface area contributed by atoms with Gasteiger partial charge in [-0.2, -0.15) is 0 Å². The Morgan fingerprint density at radius 3 is 2.27 bits per heavy atom. The summed E-state index contributed by atoms with van der Waals surface area (Å²) in [5.41, 5.74) is 0.398. The maximum absolute atomic E-state index is 12.2. The molecule has 2 rings (SSSR count). The van der Waals surface area contributed by atoms with E-state index in [9.17, 15) is 9.59 Å². The van der Waals surface area contributed by atoms with E-state index in [0.29, 0.717) is 6.42 Å². The van der Waals surface area contributed by atoms with Crippen LogP contribution in [0.4, 0.5) is 0 Å². The maximum Gasteiger partial charge on any atom is 0.172 e. The average molecular weight is 204 g/mol. The Morgan fingerprint density at radius 1 is 1.07 bits per heavy atom. The number of allylic oxidation sites excluding steroid dienone is 4. The number of Topliss-reactive ketones (excluding diaryl/α,β-unsaturated/α-hetero) is 2. The van der Waals surface area contributed by atoms with Crippen LogP contribution < -0.4 is 0 Å². The number of ketones is 2. The zero-order valence-electron chi connectivity index (χ0n) is 9.68. The summed E-state index contributed by atoms with van der Waals surface area (Å²) in [7, 11) is 0. The largest absolute Gasteiger partial charge is 0.298 e. The van der Waals surface area contributed by atoms with Gasteiger partial charge in [0, 0.05) is 11.0 Å². The van der Waals surface area contributed by atoms with Crippen molar-refractivity contribution in [2.75, 3.05) is 0 Å². The monoisotopic (exact) mass is 204 g/mol. The van der Waals surface area contributed by atoms with E-state index >= 15 is 0 Å². The lowest BCUT2D eigenvalue weighted by atomic mass is 9.61. The Bertz CT molecular complexity index is 420. The topological polar surface area (TPSA) is 34.1 Å². The number of rotatable bonds is 0. The maximum atomic E-state index is 12.2. The molecule has 0 unspecified atom stereocenters. The fourth-order valence-corrected chi connectivity index (χ4v) is 2.69. The van der Waals surface area contributed by atoms with Crippen molar-refractivity contribution in [3.05, 3.63) is 23.3 Å². The Labute approximate surface area is 90.1 Å². The van der Waals surface area contributed by atoms with Crippen molar-refractivity contribution in [1.82, 2.24) is 0 Å². The average Bonchev–Trinajstić information content (AvgIpc) is 2.62. The van der Waals surface area contributed by atoms with Gasteiger partial charge in [-0.25, -0.2) is 0 Å². The van der Waals surface area contributed by atoms with Gasteiger partial charge in [-0.3, -0.25) is 9.59 Å². The molecule has 0 bridgehead atoms. The van der Waals surface area contributed by atoms with E-state index in [1.54, 1.807) is 13.8 Å². The Balaban J connectivity index is 2.67. The second-order valence-corrected chi connectivity index (χ2v) is 5.41. The number of hydrogen-bond donors (Lipinski definition) is 0.